The number of aryl methyl sites for hydroxylation is 2. The van der Waals surface area contributed by atoms with Gasteiger partial charge in [-0.15, -0.1) is 0 Å². The second-order valence-corrected chi connectivity index (χ2v) is 3.96. The maximum absolute atomic E-state index is 11.7. The summed E-state index contributed by atoms with van der Waals surface area (Å²) in [6.45, 7) is 1.91. The van der Waals surface area contributed by atoms with Crippen LogP contribution in [0.1, 0.15) is 17.5 Å². The molecule has 0 spiro atoms. The molecule has 0 aromatic carbocycles. The fourth-order valence-corrected chi connectivity index (χ4v) is 1.53. The Kier molecular flexibility index (Phi) is 3.96. The van der Waals surface area contributed by atoms with E-state index in [1.807, 2.05) is 19.1 Å². The molecule has 2 rings (SSSR count). The summed E-state index contributed by atoms with van der Waals surface area (Å²) >= 11 is 0. The summed E-state index contributed by atoms with van der Waals surface area (Å²) < 4.78 is 0. The Morgan fingerprint density at radius 2 is 2.11 bits per heavy atom. The summed E-state index contributed by atoms with van der Waals surface area (Å²) in [5, 5.41) is 2.79. The first-order valence-electron chi connectivity index (χ1n) is 5.71. The molecule has 0 atom stereocenters. The lowest BCUT2D eigenvalue weighted by molar-refractivity contribution is -0.116. The third-order valence-corrected chi connectivity index (χ3v) is 2.52. The van der Waals surface area contributed by atoms with E-state index in [0.717, 1.165) is 11.1 Å². The van der Waals surface area contributed by atoms with Crippen LogP contribution in [-0.2, 0) is 11.2 Å². The number of rotatable bonds is 4. The number of carbonyl (C=O) groups is 1. The number of hydrogen-bond acceptors (Lipinski definition) is 4. The molecule has 2 aromatic heterocycles. The first kappa shape index (κ1) is 12.2. The van der Waals surface area contributed by atoms with E-state index < -0.39 is 0 Å². The Bertz CT molecular complexity index is 528. The van der Waals surface area contributed by atoms with Gasteiger partial charge in [-0.3, -0.25) is 4.79 Å². The monoisotopic (exact) mass is 242 g/mol. The number of carbonyl (C=O) groups excluding carboxylic acids is 1. The van der Waals surface area contributed by atoms with E-state index in [1.54, 1.807) is 18.6 Å². The van der Waals surface area contributed by atoms with Gasteiger partial charge in [-0.1, -0.05) is 6.07 Å². The van der Waals surface area contributed by atoms with Crippen LogP contribution in [0.3, 0.4) is 0 Å². The first-order valence-corrected chi connectivity index (χ1v) is 5.71. The normalized spacial score (nSPS) is 10.1. The van der Waals surface area contributed by atoms with Gasteiger partial charge in [0, 0.05) is 25.0 Å². The summed E-state index contributed by atoms with van der Waals surface area (Å²) in [5.41, 5.74) is 1.90. The van der Waals surface area contributed by atoms with Gasteiger partial charge in [0.15, 0.2) is 0 Å². The molecule has 0 fully saturated rings. The van der Waals surface area contributed by atoms with Crippen LogP contribution in [0, 0.1) is 6.92 Å². The Hall–Kier alpha value is -2.30. The summed E-state index contributed by atoms with van der Waals surface area (Å²) in [7, 11) is 0. The number of aromatic nitrogens is 3. The standard InChI is InChI=1S/C13H14N4O/c1-10-3-2-6-16-13(10)17-12(18)5-4-11-7-14-9-15-8-11/h2-3,6-9H,4-5H2,1H3,(H,16,17,18). The third-order valence-electron chi connectivity index (χ3n) is 2.52. The average molecular weight is 242 g/mol. The highest BCUT2D eigenvalue weighted by Gasteiger charge is 2.05. The third kappa shape index (κ3) is 3.35. The second-order valence-electron chi connectivity index (χ2n) is 3.96. The maximum atomic E-state index is 11.7. The van der Waals surface area contributed by atoms with Crippen molar-refractivity contribution in [2.24, 2.45) is 0 Å². The molecule has 1 N–H and O–H groups in total. The van der Waals surface area contributed by atoms with Crippen LogP contribution in [0.4, 0.5) is 5.82 Å². The van der Waals surface area contributed by atoms with Gasteiger partial charge in [0.2, 0.25) is 5.91 Å². The van der Waals surface area contributed by atoms with Gasteiger partial charge in [-0.2, -0.15) is 0 Å². The van der Waals surface area contributed by atoms with E-state index in [1.165, 1.54) is 6.33 Å². The molecule has 0 aliphatic heterocycles. The second kappa shape index (κ2) is 5.86. The Morgan fingerprint density at radius 1 is 1.33 bits per heavy atom. The average Bonchev–Trinajstić information content (AvgIpc) is 2.40. The molecule has 0 bridgehead atoms. The molecule has 5 nitrogen and oxygen atoms in total. The van der Waals surface area contributed by atoms with Gasteiger partial charge < -0.3 is 5.32 Å². The van der Waals surface area contributed by atoms with Crippen molar-refractivity contribution < 1.29 is 4.79 Å². The van der Waals surface area contributed by atoms with E-state index in [0.29, 0.717) is 18.7 Å². The molecule has 0 saturated carbocycles. The summed E-state index contributed by atoms with van der Waals surface area (Å²) in [6, 6.07) is 3.75. The summed E-state index contributed by atoms with van der Waals surface area (Å²) in [5.74, 6) is 0.562. The molecule has 2 aromatic rings. The fourth-order valence-electron chi connectivity index (χ4n) is 1.53. The number of nitrogens with zero attached hydrogens (tertiary/aromatic N) is 3. The smallest absolute Gasteiger partial charge is 0.225 e. The molecule has 2 heterocycles. The van der Waals surface area contributed by atoms with Crippen molar-refractivity contribution in [1.29, 1.82) is 0 Å². The highest BCUT2D eigenvalue weighted by Crippen LogP contribution is 2.10. The van der Waals surface area contributed by atoms with Crippen molar-refractivity contribution in [3.63, 3.8) is 0 Å². The quantitative estimate of drug-likeness (QED) is 0.886. The summed E-state index contributed by atoms with van der Waals surface area (Å²) in [4.78, 5) is 23.7. The molecule has 92 valence electrons. The van der Waals surface area contributed by atoms with Gasteiger partial charge in [0.25, 0.3) is 0 Å². The van der Waals surface area contributed by atoms with E-state index in [-0.39, 0.29) is 5.91 Å². The fraction of sp³-hybridized carbons (Fsp3) is 0.231. The molecule has 0 aliphatic carbocycles. The Morgan fingerprint density at radius 3 is 2.83 bits per heavy atom. The van der Waals surface area contributed by atoms with Crippen LogP contribution in [0.5, 0.6) is 0 Å². The zero-order valence-corrected chi connectivity index (χ0v) is 10.1. The minimum atomic E-state index is -0.0550. The van der Waals surface area contributed by atoms with Gasteiger partial charge in [-0.05, 0) is 30.5 Å². The highest BCUT2D eigenvalue weighted by molar-refractivity contribution is 5.90. The largest absolute Gasteiger partial charge is 0.310 e. The maximum Gasteiger partial charge on any atom is 0.225 e. The minimum absolute atomic E-state index is 0.0550. The number of pyridine rings is 1. The first-order chi connectivity index (χ1) is 8.75. The van der Waals surface area contributed by atoms with Crippen LogP contribution < -0.4 is 5.32 Å². The number of anilines is 1. The lowest BCUT2D eigenvalue weighted by atomic mass is 10.2. The van der Waals surface area contributed by atoms with Crippen LogP contribution in [-0.4, -0.2) is 20.9 Å². The van der Waals surface area contributed by atoms with Crippen LogP contribution in [0.2, 0.25) is 0 Å². The molecule has 18 heavy (non-hydrogen) atoms. The lowest BCUT2D eigenvalue weighted by Gasteiger charge is -2.06. The van der Waals surface area contributed by atoms with Gasteiger partial charge in [0.1, 0.15) is 12.1 Å². The van der Waals surface area contributed by atoms with Crippen molar-refractivity contribution in [2.75, 3.05) is 5.32 Å². The van der Waals surface area contributed by atoms with E-state index in [4.69, 9.17) is 0 Å². The molecule has 0 radical (unpaired) electrons. The van der Waals surface area contributed by atoms with Crippen molar-refractivity contribution >= 4 is 11.7 Å². The van der Waals surface area contributed by atoms with Gasteiger partial charge in [0.05, 0.1) is 0 Å². The zero-order valence-electron chi connectivity index (χ0n) is 10.1. The molecular weight excluding hydrogens is 228 g/mol. The molecule has 1 amide bonds. The highest BCUT2D eigenvalue weighted by atomic mass is 16.1. The summed E-state index contributed by atoms with van der Waals surface area (Å²) in [6.07, 6.45) is 7.58. The van der Waals surface area contributed by atoms with Crippen molar-refractivity contribution in [3.05, 3.63) is 48.2 Å². The van der Waals surface area contributed by atoms with Gasteiger partial charge >= 0.3 is 0 Å². The van der Waals surface area contributed by atoms with Crippen LogP contribution >= 0.6 is 0 Å². The van der Waals surface area contributed by atoms with Crippen molar-refractivity contribution in [3.8, 4) is 0 Å². The predicted octanol–water partition coefficient (Wildman–Crippen LogP) is 1.75. The van der Waals surface area contributed by atoms with Crippen LogP contribution in [0.15, 0.2) is 37.1 Å². The molecule has 0 unspecified atom stereocenters. The van der Waals surface area contributed by atoms with Crippen molar-refractivity contribution in [1.82, 2.24) is 15.0 Å². The topological polar surface area (TPSA) is 67.8 Å². The van der Waals surface area contributed by atoms with E-state index >= 15 is 0 Å². The number of hydrogen-bond donors (Lipinski definition) is 1. The molecular formula is C13H14N4O. The van der Waals surface area contributed by atoms with Gasteiger partial charge in [-0.25, -0.2) is 15.0 Å². The molecule has 0 aliphatic rings. The number of nitrogens with one attached hydrogen (secondary N) is 1. The zero-order chi connectivity index (χ0) is 12.8. The SMILES string of the molecule is Cc1cccnc1NC(=O)CCc1cncnc1. The van der Waals surface area contributed by atoms with E-state index in [2.05, 4.69) is 20.3 Å². The number of amides is 1. The minimum Gasteiger partial charge on any atom is -0.310 e. The lowest BCUT2D eigenvalue weighted by Crippen LogP contribution is -2.14. The molecule has 0 saturated heterocycles. The Labute approximate surface area is 105 Å². The Balaban J connectivity index is 1.88. The van der Waals surface area contributed by atoms with Crippen molar-refractivity contribution in [2.45, 2.75) is 19.8 Å². The molecule has 5 heteroatoms. The van der Waals surface area contributed by atoms with E-state index in [9.17, 15) is 4.79 Å². The van der Waals surface area contributed by atoms with Crippen LogP contribution in [0.25, 0.3) is 0 Å². The predicted molar refractivity (Wildman–Crippen MR) is 68.0 cm³/mol.